The van der Waals surface area contributed by atoms with Crippen molar-refractivity contribution in [2.45, 2.75) is 6.92 Å². The number of H-pyrrole nitrogens is 1. The number of benzene rings is 2. The largest absolute Gasteiger partial charge is 0.494 e. The Morgan fingerprint density at radius 1 is 1.04 bits per heavy atom. The van der Waals surface area contributed by atoms with E-state index in [1.165, 1.54) is 18.4 Å². The first-order valence-electron chi connectivity index (χ1n) is 7.97. The van der Waals surface area contributed by atoms with Crippen molar-refractivity contribution in [3.05, 3.63) is 92.6 Å². The molecule has 1 heterocycles. The van der Waals surface area contributed by atoms with E-state index in [0.29, 0.717) is 5.69 Å². The number of aliphatic imine (C=N–C) groups is 1. The Balaban J connectivity index is 1.97. The maximum absolute atomic E-state index is 12.1. The molecule has 0 atom stereocenters. The van der Waals surface area contributed by atoms with Gasteiger partial charge < -0.3 is 5.11 Å². The van der Waals surface area contributed by atoms with E-state index >= 15 is 0 Å². The molecule has 3 rings (SSSR count). The fraction of sp³-hybridized carbons (Fsp3) is 0.0500. The molecule has 6 heteroatoms. The lowest BCUT2D eigenvalue weighted by atomic mass is 10.2. The quantitative estimate of drug-likeness (QED) is 0.711. The number of hydrogen-bond acceptors (Lipinski definition) is 4. The van der Waals surface area contributed by atoms with Gasteiger partial charge in [0, 0.05) is 6.21 Å². The summed E-state index contributed by atoms with van der Waals surface area (Å²) in [6.07, 6.45) is 4.45. The Bertz CT molecular complexity index is 1080. The summed E-state index contributed by atoms with van der Waals surface area (Å²) in [5.41, 5.74) is 0.848. The zero-order valence-electron chi connectivity index (χ0n) is 14.1. The van der Waals surface area contributed by atoms with Crippen LogP contribution in [0.25, 0.3) is 11.8 Å². The molecule has 1 aromatic heterocycles. The number of aryl methyl sites for hydroxylation is 1. The number of allylic oxidation sites excluding steroid dienone is 1. The highest BCUT2D eigenvalue weighted by Gasteiger charge is 2.13. The number of aromatic hydroxyl groups is 1. The van der Waals surface area contributed by atoms with E-state index in [2.05, 4.69) is 9.98 Å². The summed E-state index contributed by atoms with van der Waals surface area (Å²) in [4.78, 5) is 30.6. The van der Waals surface area contributed by atoms with Crippen molar-refractivity contribution in [3.63, 3.8) is 0 Å². The Morgan fingerprint density at radius 2 is 1.73 bits per heavy atom. The Hall–Kier alpha value is -3.67. The summed E-state index contributed by atoms with van der Waals surface area (Å²) in [5.74, 6) is -0.424. The third kappa shape index (κ3) is 3.70. The highest BCUT2D eigenvalue weighted by atomic mass is 16.3. The predicted octanol–water partition coefficient (Wildman–Crippen LogP) is 2.96. The van der Waals surface area contributed by atoms with Crippen LogP contribution in [0.15, 0.2) is 75.3 Å². The van der Waals surface area contributed by atoms with E-state index in [0.717, 1.165) is 15.8 Å². The van der Waals surface area contributed by atoms with Crippen molar-refractivity contribution < 1.29 is 5.11 Å². The van der Waals surface area contributed by atoms with Crippen LogP contribution < -0.4 is 11.2 Å². The molecule has 0 unspecified atom stereocenters. The zero-order valence-corrected chi connectivity index (χ0v) is 14.1. The van der Waals surface area contributed by atoms with E-state index in [9.17, 15) is 14.7 Å². The zero-order chi connectivity index (χ0) is 18.5. The number of nitrogens with one attached hydrogen (secondary N) is 1. The topological polar surface area (TPSA) is 87.4 Å². The van der Waals surface area contributed by atoms with Crippen LogP contribution in [0.1, 0.15) is 11.1 Å². The SMILES string of the molecule is Cc1ccc(-n2c(O)c(C=CC=Nc3ccccc3)c(=O)[nH]c2=O)cc1. The van der Waals surface area contributed by atoms with Crippen LogP contribution in [0.2, 0.25) is 0 Å². The van der Waals surface area contributed by atoms with E-state index in [1.807, 2.05) is 49.4 Å². The Labute approximate surface area is 149 Å². The molecular formula is C20H17N3O3. The Kier molecular flexibility index (Phi) is 4.94. The number of para-hydroxylation sites is 1. The molecule has 0 saturated carbocycles. The third-order valence-corrected chi connectivity index (χ3v) is 3.74. The van der Waals surface area contributed by atoms with Gasteiger partial charge in [0.1, 0.15) is 5.56 Å². The maximum atomic E-state index is 12.1. The van der Waals surface area contributed by atoms with E-state index < -0.39 is 17.1 Å². The van der Waals surface area contributed by atoms with Crippen molar-refractivity contribution in [1.82, 2.24) is 9.55 Å². The van der Waals surface area contributed by atoms with Gasteiger partial charge in [-0.05, 0) is 43.3 Å². The first-order valence-corrected chi connectivity index (χ1v) is 7.97. The normalized spacial score (nSPS) is 11.4. The smallest absolute Gasteiger partial charge is 0.335 e. The maximum Gasteiger partial charge on any atom is 0.335 e. The van der Waals surface area contributed by atoms with Crippen LogP contribution in [0.4, 0.5) is 5.69 Å². The van der Waals surface area contributed by atoms with Gasteiger partial charge in [0.25, 0.3) is 5.56 Å². The minimum absolute atomic E-state index is 0.0234. The Morgan fingerprint density at radius 3 is 2.42 bits per heavy atom. The van der Waals surface area contributed by atoms with Gasteiger partial charge in [-0.1, -0.05) is 35.9 Å². The standard InChI is InChI=1S/C20H17N3O3/c1-14-9-11-16(12-10-14)23-19(25)17(18(24)22-20(23)26)8-5-13-21-15-6-3-2-4-7-15/h2-13,25H,1H3,(H,22,24,26). The molecule has 3 aromatic rings. The molecule has 0 saturated heterocycles. The van der Waals surface area contributed by atoms with Gasteiger partial charge in [-0.15, -0.1) is 0 Å². The molecular weight excluding hydrogens is 330 g/mol. The molecule has 26 heavy (non-hydrogen) atoms. The van der Waals surface area contributed by atoms with E-state index in [-0.39, 0.29) is 5.56 Å². The van der Waals surface area contributed by atoms with Gasteiger partial charge in [-0.25, -0.2) is 9.36 Å². The molecule has 0 spiro atoms. The highest BCUT2D eigenvalue weighted by Crippen LogP contribution is 2.17. The first-order chi connectivity index (χ1) is 12.6. The summed E-state index contributed by atoms with van der Waals surface area (Å²) >= 11 is 0. The van der Waals surface area contributed by atoms with Gasteiger partial charge in [0.05, 0.1) is 11.4 Å². The van der Waals surface area contributed by atoms with Crippen molar-refractivity contribution in [2.75, 3.05) is 0 Å². The van der Waals surface area contributed by atoms with Crippen LogP contribution in [-0.2, 0) is 0 Å². The molecule has 2 aromatic carbocycles. The van der Waals surface area contributed by atoms with Crippen molar-refractivity contribution in [3.8, 4) is 11.6 Å². The second kappa shape index (κ2) is 7.48. The highest BCUT2D eigenvalue weighted by molar-refractivity contribution is 5.81. The lowest BCUT2D eigenvalue weighted by molar-refractivity contribution is 0.429. The molecule has 0 amide bonds. The number of nitrogens with zero attached hydrogens (tertiary/aromatic N) is 2. The summed E-state index contributed by atoms with van der Waals surface area (Å²) in [7, 11) is 0. The monoisotopic (exact) mass is 347 g/mol. The molecule has 0 aliphatic heterocycles. The van der Waals surface area contributed by atoms with E-state index in [4.69, 9.17) is 0 Å². The molecule has 0 aliphatic carbocycles. The van der Waals surface area contributed by atoms with Crippen LogP contribution in [0.3, 0.4) is 0 Å². The lowest BCUT2D eigenvalue weighted by Gasteiger charge is -2.09. The van der Waals surface area contributed by atoms with Gasteiger partial charge in [-0.3, -0.25) is 14.8 Å². The number of rotatable bonds is 4. The molecule has 2 N–H and O–H groups in total. The summed E-state index contributed by atoms with van der Waals surface area (Å²) < 4.78 is 1.05. The van der Waals surface area contributed by atoms with Gasteiger partial charge >= 0.3 is 5.69 Å². The minimum Gasteiger partial charge on any atom is -0.494 e. The second-order valence-corrected chi connectivity index (χ2v) is 5.64. The molecule has 0 aliphatic rings. The fourth-order valence-electron chi connectivity index (χ4n) is 2.40. The van der Waals surface area contributed by atoms with Crippen molar-refractivity contribution in [1.29, 1.82) is 0 Å². The average molecular weight is 347 g/mol. The molecule has 0 radical (unpaired) electrons. The van der Waals surface area contributed by atoms with Crippen molar-refractivity contribution in [2.24, 2.45) is 4.99 Å². The molecule has 130 valence electrons. The number of hydrogen-bond donors (Lipinski definition) is 2. The van der Waals surface area contributed by atoms with Crippen LogP contribution >= 0.6 is 0 Å². The molecule has 0 fully saturated rings. The van der Waals surface area contributed by atoms with E-state index in [1.54, 1.807) is 12.1 Å². The van der Waals surface area contributed by atoms with Crippen LogP contribution in [0.5, 0.6) is 5.88 Å². The third-order valence-electron chi connectivity index (χ3n) is 3.74. The first kappa shape index (κ1) is 17.2. The summed E-state index contributed by atoms with van der Waals surface area (Å²) in [6, 6.07) is 16.3. The minimum atomic E-state index is -0.702. The predicted molar refractivity (Wildman–Crippen MR) is 103 cm³/mol. The summed E-state index contributed by atoms with van der Waals surface area (Å²) in [5, 5.41) is 10.4. The van der Waals surface area contributed by atoms with Crippen LogP contribution in [0, 0.1) is 6.92 Å². The number of aromatic nitrogens is 2. The second-order valence-electron chi connectivity index (χ2n) is 5.64. The molecule has 6 nitrogen and oxygen atoms in total. The van der Waals surface area contributed by atoms with Gasteiger partial charge in [-0.2, -0.15) is 0 Å². The average Bonchev–Trinajstić information content (AvgIpc) is 2.63. The van der Waals surface area contributed by atoms with Crippen molar-refractivity contribution >= 4 is 18.0 Å². The van der Waals surface area contributed by atoms with Crippen LogP contribution in [-0.4, -0.2) is 20.9 Å². The number of aromatic amines is 1. The fourth-order valence-corrected chi connectivity index (χ4v) is 2.40. The van der Waals surface area contributed by atoms with Gasteiger partial charge in [0.2, 0.25) is 5.88 Å². The van der Waals surface area contributed by atoms with Gasteiger partial charge in [0.15, 0.2) is 0 Å². The molecule has 0 bridgehead atoms. The summed E-state index contributed by atoms with van der Waals surface area (Å²) in [6.45, 7) is 1.92. The lowest BCUT2D eigenvalue weighted by Crippen LogP contribution is -2.30.